The second-order valence-electron chi connectivity index (χ2n) is 7.81. The summed E-state index contributed by atoms with van der Waals surface area (Å²) in [5.74, 6) is -0.438. The Balaban J connectivity index is 1.73. The minimum absolute atomic E-state index is 0.0608. The zero-order valence-electron chi connectivity index (χ0n) is 18.6. The fourth-order valence-electron chi connectivity index (χ4n) is 3.77. The minimum Gasteiger partial charge on any atom is -0.494 e. The van der Waals surface area contributed by atoms with Gasteiger partial charge in [0.1, 0.15) is 17.3 Å². The molecule has 4 rings (SSSR count). The van der Waals surface area contributed by atoms with E-state index in [1.807, 2.05) is 37.3 Å². The lowest BCUT2D eigenvalue weighted by atomic mass is 10.0. The van der Waals surface area contributed by atoms with E-state index in [2.05, 4.69) is 0 Å². The van der Waals surface area contributed by atoms with Gasteiger partial charge >= 0.3 is 0 Å². The van der Waals surface area contributed by atoms with Gasteiger partial charge in [0.2, 0.25) is 0 Å². The van der Waals surface area contributed by atoms with Crippen LogP contribution in [0.25, 0.3) is 5.57 Å². The summed E-state index contributed by atoms with van der Waals surface area (Å²) in [6, 6.07) is 22.4. The van der Waals surface area contributed by atoms with Crippen molar-refractivity contribution in [3.8, 4) is 5.75 Å². The van der Waals surface area contributed by atoms with Gasteiger partial charge in [-0.3, -0.25) is 14.5 Å². The first kappa shape index (κ1) is 22.3. The van der Waals surface area contributed by atoms with Gasteiger partial charge in [-0.1, -0.05) is 49.4 Å². The maximum Gasteiger partial charge on any atom is 0.278 e. The lowest BCUT2D eigenvalue weighted by molar-refractivity contribution is -0.137. The number of carbonyl (C=O) groups is 2. The smallest absolute Gasteiger partial charge is 0.278 e. The molecule has 5 nitrogen and oxygen atoms in total. The molecule has 0 atom stereocenters. The number of halogens is 1. The quantitative estimate of drug-likeness (QED) is 0.457. The van der Waals surface area contributed by atoms with E-state index in [-0.39, 0.29) is 18.3 Å². The zero-order chi connectivity index (χ0) is 23.4. The van der Waals surface area contributed by atoms with Gasteiger partial charge in [0.25, 0.3) is 11.8 Å². The van der Waals surface area contributed by atoms with Gasteiger partial charge in [0, 0.05) is 12.7 Å². The summed E-state index contributed by atoms with van der Waals surface area (Å²) in [5, 5.41) is 0. The molecule has 1 heterocycles. The molecule has 0 unspecified atom stereocenters. The number of benzene rings is 3. The molecule has 3 aromatic carbocycles. The fraction of sp³-hybridized carbons (Fsp3) is 0.185. The third kappa shape index (κ3) is 4.65. The maximum atomic E-state index is 13.5. The van der Waals surface area contributed by atoms with Crippen LogP contribution < -0.4 is 9.64 Å². The van der Waals surface area contributed by atoms with Crippen molar-refractivity contribution in [3.05, 3.63) is 102 Å². The third-order valence-corrected chi connectivity index (χ3v) is 5.49. The summed E-state index contributed by atoms with van der Waals surface area (Å²) in [5.41, 5.74) is 2.73. The highest BCUT2D eigenvalue weighted by molar-refractivity contribution is 6.36. The highest BCUT2D eigenvalue weighted by Crippen LogP contribution is 2.34. The van der Waals surface area contributed by atoms with E-state index in [4.69, 9.17) is 4.74 Å². The van der Waals surface area contributed by atoms with Gasteiger partial charge in [0.05, 0.1) is 18.7 Å². The standard InChI is InChI=1S/C27H25FN2O3/c1-3-17-33-23-15-11-20(12-16-23)24-25(29(2)22-7-5-4-6-8-22)27(32)30(26(24)31)18-19-9-13-21(28)14-10-19/h4-16H,3,17-18H2,1-2H3. The van der Waals surface area contributed by atoms with Crippen LogP contribution in [0.15, 0.2) is 84.6 Å². The predicted molar refractivity (Wildman–Crippen MR) is 126 cm³/mol. The molecule has 0 aliphatic carbocycles. The second kappa shape index (κ2) is 9.69. The van der Waals surface area contributed by atoms with Crippen LogP contribution in [0.2, 0.25) is 0 Å². The Kier molecular flexibility index (Phi) is 6.54. The van der Waals surface area contributed by atoms with Crippen LogP contribution in [0.5, 0.6) is 5.75 Å². The van der Waals surface area contributed by atoms with Crippen molar-refractivity contribution < 1.29 is 18.7 Å². The number of ether oxygens (including phenoxy) is 1. The number of imide groups is 1. The molecule has 0 spiro atoms. The first-order chi connectivity index (χ1) is 16.0. The van der Waals surface area contributed by atoms with E-state index >= 15 is 0 Å². The summed E-state index contributed by atoms with van der Waals surface area (Å²) < 4.78 is 19.0. The molecule has 3 aromatic rings. The molecule has 0 saturated carbocycles. The molecule has 6 heteroatoms. The van der Waals surface area contributed by atoms with Crippen LogP contribution in [0.3, 0.4) is 0 Å². The average Bonchev–Trinajstić information content (AvgIpc) is 3.09. The summed E-state index contributed by atoms with van der Waals surface area (Å²) >= 11 is 0. The van der Waals surface area contributed by atoms with E-state index in [1.54, 1.807) is 48.3 Å². The van der Waals surface area contributed by atoms with Crippen LogP contribution in [-0.4, -0.2) is 30.4 Å². The van der Waals surface area contributed by atoms with Gasteiger partial charge < -0.3 is 9.64 Å². The number of likely N-dealkylation sites (N-methyl/N-ethyl adjacent to an activating group) is 1. The Labute approximate surface area is 192 Å². The molecule has 0 fully saturated rings. The molecule has 0 aromatic heterocycles. The first-order valence-electron chi connectivity index (χ1n) is 10.9. The molecule has 0 bridgehead atoms. The Morgan fingerprint density at radius 1 is 0.879 bits per heavy atom. The molecule has 0 N–H and O–H groups in total. The normalized spacial score (nSPS) is 13.6. The van der Waals surface area contributed by atoms with Crippen molar-refractivity contribution in [2.45, 2.75) is 19.9 Å². The van der Waals surface area contributed by atoms with Crippen LogP contribution in [0.1, 0.15) is 24.5 Å². The molecule has 1 aliphatic heterocycles. The lowest BCUT2D eigenvalue weighted by Gasteiger charge is -2.21. The second-order valence-corrected chi connectivity index (χ2v) is 7.81. The lowest BCUT2D eigenvalue weighted by Crippen LogP contribution is -2.33. The van der Waals surface area contributed by atoms with Crippen molar-refractivity contribution in [2.75, 3.05) is 18.6 Å². The van der Waals surface area contributed by atoms with Gasteiger partial charge in [-0.25, -0.2) is 4.39 Å². The average molecular weight is 445 g/mol. The van der Waals surface area contributed by atoms with Crippen molar-refractivity contribution in [1.82, 2.24) is 4.90 Å². The van der Waals surface area contributed by atoms with Crippen molar-refractivity contribution >= 4 is 23.1 Å². The molecule has 168 valence electrons. The van der Waals surface area contributed by atoms with Gasteiger partial charge in [-0.05, 0) is 53.9 Å². The van der Waals surface area contributed by atoms with E-state index < -0.39 is 5.91 Å². The molecule has 33 heavy (non-hydrogen) atoms. The highest BCUT2D eigenvalue weighted by Gasteiger charge is 2.41. The van der Waals surface area contributed by atoms with Crippen molar-refractivity contribution in [2.24, 2.45) is 0 Å². The molecular formula is C27H25FN2O3. The Morgan fingerprint density at radius 3 is 2.18 bits per heavy atom. The zero-order valence-corrected chi connectivity index (χ0v) is 18.6. The number of anilines is 1. The first-order valence-corrected chi connectivity index (χ1v) is 10.9. The molecule has 2 amide bonds. The van der Waals surface area contributed by atoms with Crippen LogP contribution >= 0.6 is 0 Å². The predicted octanol–water partition coefficient (Wildman–Crippen LogP) is 5.03. The van der Waals surface area contributed by atoms with Gasteiger partial charge in [-0.2, -0.15) is 0 Å². The SMILES string of the molecule is CCCOc1ccc(C2=C(N(C)c3ccccc3)C(=O)N(Cc3ccc(F)cc3)C2=O)cc1. The summed E-state index contributed by atoms with van der Waals surface area (Å²) in [6.45, 7) is 2.70. The number of amides is 2. The van der Waals surface area contributed by atoms with Crippen LogP contribution in [-0.2, 0) is 16.1 Å². The number of hydrogen-bond acceptors (Lipinski definition) is 4. The summed E-state index contributed by atoms with van der Waals surface area (Å²) in [7, 11) is 1.77. The molecule has 1 aliphatic rings. The van der Waals surface area contributed by atoms with Crippen LogP contribution in [0, 0.1) is 5.82 Å². The minimum atomic E-state index is -0.392. The third-order valence-electron chi connectivity index (χ3n) is 5.49. The fourth-order valence-corrected chi connectivity index (χ4v) is 3.77. The number of para-hydroxylation sites is 1. The summed E-state index contributed by atoms with van der Waals surface area (Å²) in [4.78, 5) is 30.0. The molecule has 0 radical (unpaired) electrons. The van der Waals surface area contributed by atoms with E-state index in [0.29, 0.717) is 34.8 Å². The Morgan fingerprint density at radius 2 is 1.55 bits per heavy atom. The van der Waals surface area contributed by atoms with E-state index in [1.165, 1.54) is 17.0 Å². The number of rotatable bonds is 8. The number of carbonyl (C=O) groups excluding carboxylic acids is 2. The largest absolute Gasteiger partial charge is 0.494 e. The highest BCUT2D eigenvalue weighted by atomic mass is 19.1. The van der Waals surface area contributed by atoms with Crippen molar-refractivity contribution in [1.29, 1.82) is 0 Å². The maximum absolute atomic E-state index is 13.5. The Hall–Kier alpha value is -3.93. The monoisotopic (exact) mass is 444 g/mol. The molecule has 0 saturated heterocycles. The Bertz CT molecular complexity index is 1170. The number of hydrogen-bond donors (Lipinski definition) is 0. The van der Waals surface area contributed by atoms with Gasteiger partial charge in [-0.15, -0.1) is 0 Å². The number of nitrogens with zero attached hydrogens (tertiary/aromatic N) is 2. The van der Waals surface area contributed by atoms with E-state index in [9.17, 15) is 14.0 Å². The van der Waals surface area contributed by atoms with E-state index in [0.717, 1.165) is 12.1 Å². The van der Waals surface area contributed by atoms with Crippen molar-refractivity contribution in [3.63, 3.8) is 0 Å². The summed E-state index contributed by atoms with van der Waals surface area (Å²) in [6.07, 6.45) is 0.893. The van der Waals surface area contributed by atoms with Crippen LogP contribution in [0.4, 0.5) is 10.1 Å². The topological polar surface area (TPSA) is 49.9 Å². The van der Waals surface area contributed by atoms with Gasteiger partial charge in [0.15, 0.2) is 0 Å². The molecular weight excluding hydrogens is 419 g/mol.